The van der Waals surface area contributed by atoms with Gasteiger partial charge in [0.1, 0.15) is 0 Å². The molecule has 3 heteroatoms. The summed E-state index contributed by atoms with van der Waals surface area (Å²) in [5, 5.41) is 9.40. The van der Waals surface area contributed by atoms with Gasteiger partial charge in [0, 0.05) is 12.1 Å². The van der Waals surface area contributed by atoms with Crippen molar-refractivity contribution in [2.75, 3.05) is 6.54 Å². The van der Waals surface area contributed by atoms with E-state index in [0.29, 0.717) is 12.1 Å². The van der Waals surface area contributed by atoms with Crippen LogP contribution in [0.3, 0.4) is 0 Å². The monoisotopic (exact) mass is 439 g/mol. The second-order valence-electron chi connectivity index (χ2n) is 10.00. The average molecular weight is 440 g/mol. The van der Waals surface area contributed by atoms with Crippen LogP contribution in [0.1, 0.15) is 156 Å². The van der Waals surface area contributed by atoms with Gasteiger partial charge >= 0.3 is 5.97 Å². The maximum absolute atomic E-state index is 11.4. The Balaban J connectivity index is 3.95. The van der Waals surface area contributed by atoms with Crippen LogP contribution in [0.15, 0.2) is 0 Å². The van der Waals surface area contributed by atoms with Crippen molar-refractivity contribution in [2.24, 2.45) is 0 Å². The van der Waals surface area contributed by atoms with Crippen LogP contribution in [0.2, 0.25) is 0 Å². The van der Waals surface area contributed by atoms with Crippen LogP contribution in [0.4, 0.5) is 0 Å². The van der Waals surface area contributed by atoms with Crippen LogP contribution in [-0.4, -0.2) is 34.6 Å². The van der Waals surface area contributed by atoms with Gasteiger partial charge in [-0.1, -0.05) is 129 Å². The molecule has 0 aromatic heterocycles. The maximum atomic E-state index is 11.4. The fourth-order valence-electron chi connectivity index (χ4n) is 4.73. The summed E-state index contributed by atoms with van der Waals surface area (Å²) in [6, 6.07) is 0.739. The summed E-state index contributed by atoms with van der Waals surface area (Å²) in [6.07, 6.45) is 26.5. The highest BCUT2D eigenvalue weighted by molar-refractivity contribution is 5.69. The molecule has 0 aliphatic rings. The van der Waals surface area contributed by atoms with Gasteiger partial charge in [-0.25, -0.2) is 0 Å². The maximum Gasteiger partial charge on any atom is 0.317 e. The Morgan fingerprint density at radius 1 is 0.581 bits per heavy atom. The molecule has 0 fully saturated rings. The van der Waals surface area contributed by atoms with E-state index in [1.165, 1.54) is 116 Å². The fourth-order valence-corrected chi connectivity index (χ4v) is 4.73. The van der Waals surface area contributed by atoms with Crippen LogP contribution in [0.5, 0.6) is 0 Å². The van der Waals surface area contributed by atoms with E-state index in [2.05, 4.69) is 32.6 Å². The molecular weight excluding hydrogens is 382 g/mol. The Morgan fingerprint density at radius 3 is 1.16 bits per heavy atom. The van der Waals surface area contributed by atoms with Gasteiger partial charge < -0.3 is 5.11 Å². The number of nitrogens with zero attached hydrogens (tertiary/aromatic N) is 1. The van der Waals surface area contributed by atoms with Crippen molar-refractivity contribution >= 4 is 5.97 Å². The molecule has 0 spiro atoms. The van der Waals surface area contributed by atoms with Crippen LogP contribution in [0, 0.1) is 0 Å². The van der Waals surface area contributed by atoms with Gasteiger partial charge in [-0.2, -0.15) is 0 Å². The summed E-state index contributed by atoms with van der Waals surface area (Å²) in [5.74, 6) is -0.683. The highest BCUT2D eigenvalue weighted by Gasteiger charge is 2.22. The van der Waals surface area contributed by atoms with Gasteiger partial charge in [0.15, 0.2) is 0 Å². The molecule has 0 rings (SSSR count). The number of aliphatic carboxylic acids is 1. The zero-order valence-electron chi connectivity index (χ0n) is 21.8. The Bertz CT molecular complexity index is 357. The first-order valence-corrected chi connectivity index (χ1v) is 14.0. The molecule has 2 atom stereocenters. The zero-order chi connectivity index (χ0) is 23.2. The lowest BCUT2D eigenvalue weighted by Crippen LogP contribution is -2.43. The minimum absolute atomic E-state index is 0.192. The third-order valence-electron chi connectivity index (χ3n) is 6.90. The smallest absolute Gasteiger partial charge is 0.317 e. The summed E-state index contributed by atoms with van der Waals surface area (Å²) in [5.41, 5.74) is 0. The van der Waals surface area contributed by atoms with Crippen molar-refractivity contribution in [1.29, 1.82) is 0 Å². The van der Waals surface area contributed by atoms with Gasteiger partial charge in [-0.15, -0.1) is 0 Å². The molecular formula is C28H57NO2. The molecule has 3 nitrogen and oxygen atoms in total. The van der Waals surface area contributed by atoms with Gasteiger partial charge in [0.25, 0.3) is 0 Å². The number of hydrogen-bond donors (Lipinski definition) is 1. The molecule has 0 bridgehead atoms. The van der Waals surface area contributed by atoms with Crippen LogP contribution in [-0.2, 0) is 4.79 Å². The first-order valence-electron chi connectivity index (χ1n) is 14.0. The van der Waals surface area contributed by atoms with Gasteiger partial charge in [0.2, 0.25) is 0 Å². The normalized spacial score (nSPS) is 13.6. The largest absolute Gasteiger partial charge is 0.480 e. The standard InChI is InChI=1S/C28H57NO2/c1-5-7-9-11-13-15-17-19-21-23-26(3)29(25-28(30)31)27(4)24-22-20-18-16-14-12-10-8-6-2/h26-27H,5-25H2,1-4H3,(H,30,31). The Morgan fingerprint density at radius 2 is 0.871 bits per heavy atom. The number of carbonyl (C=O) groups is 1. The van der Waals surface area contributed by atoms with Gasteiger partial charge in [-0.3, -0.25) is 9.69 Å². The van der Waals surface area contributed by atoms with Crippen molar-refractivity contribution in [1.82, 2.24) is 4.90 Å². The number of rotatable bonds is 24. The minimum atomic E-state index is -0.683. The molecule has 0 aromatic carbocycles. The second kappa shape index (κ2) is 22.6. The molecule has 0 amide bonds. The molecule has 0 aliphatic heterocycles. The van der Waals surface area contributed by atoms with Gasteiger partial charge in [0.05, 0.1) is 6.54 Å². The quantitative estimate of drug-likeness (QED) is 0.152. The lowest BCUT2D eigenvalue weighted by Gasteiger charge is -2.33. The summed E-state index contributed by atoms with van der Waals surface area (Å²) < 4.78 is 0. The Hall–Kier alpha value is -0.570. The minimum Gasteiger partial charge on any atom is -0.480 e. The molecule has 0 saturated heterocycles. The highest BCUT2D eigenvalue weighted by atomic mass is 16.4. The lowest BCUT2D eigenvalue weighted by atomic mass is 10.0. The summed E-state index contributed by atoms with van der Waals surface area (Å²) in [4.78, 5) is 13.7. The number of hydrogen-bond acceptors (Lipinski definition) is 2. The number of carboxylic acid groups (broad SMARTS) is 1. The van der Waals surface area contributed by atoms with Crippen LogP contribution < -0.4 is 0 Å². The summed E-state index contributed by atoms with van der Waals surface area (Å²) >= 11 is 0. The molecule has 31 heavy (non-hydrogen) atoms. The predicted octanol–water partition coefficient (Wildman–Crippen LogP) is 8.99. The molecule has 0 heterocycles. The molecule has 0 saturated carbocycles. The molecule has 0 aliphatic carbocycles. The van der Waals surface area contributed by atoms with E-state index in [-0.39, 0.29) is 6.54 Å². The molecule has 1 N–H and O–H groups in total. The average Bonchev–Trinajstić information content (AvgIpc) is 2.74. The second-order valence-corrected chi connectivity index (χ2v) is 10.00. The van der Waals surface area contributed by atoms with E-state index in [0.717, 1.165) is 12.8 Å². The molecule has 0 aromatic rings. The highest BCUT2D eigenvalue weighted by Crippen LogP contribution is 2.19. The topological polar surface area (TPSA) is 40.5 Å². The molecule has 186 valence electrons. The van der Waals surface area contributed by atoms with Gasteiger partial charge in [-0.05, 0) is 26.7 Å². The van der Waals surface area contributed by atoms with E-state index in [9.17, 15) is 9.90 Å². The zero-order valence-corrected chi connectivity index (χ0v) is 21.8. The third kappa shape index (κ3) is 19.8. The lowest BCUT2D eigenvalue weighted by molar-refractivity contribution is -0.139. The number of carboxylic acids is 1. The van der Waals surface area contributed by atoms with E-state index in [4.69, 9.17) is 0 Å². The third-order valence-corrected chi connectivity index (χ3v) is 6.90. The van der Waals surface area contributed by atoms with Crippen molar-refractivity contribution in [3.05, 3.63) is 0 Å². The fraction of sp³-hybridized carbons (Fsp3) is 0.964. The molecule has 0 radical (unpaired) electrons. The van der Waals surface area contributed by atoms with Crippen molar-refractivity contribution < 1.29 is 9.90 Å². The van der Waals surface area contributed by atoms with Crippen molar-refractivity contribution in [2.45, 2.75) is 168 Å². The van der Waals surface area contributed by atoms with Crippen LogP contribution in [0.25, 0.3) is 0 Å². The Kier molecular flexibility index (Phi) is 22.2. The first kappa shape index (κ1) is 30.4. The first-order chi connectivity index (χ1) is 15.0. The van der Waals surface area contributed by atoms with E-state index in [1.54, 1.807) is 0 Å². The van der Waals surface area contributed by atoms with E-state index >= 15 is 0 Å². The van der Waals surface area contributed by atoms with E-state index in [1.807, 2.05) is 0 Å². The van der Waals surface area contributed by atoms with E-state index < -0.39 is 5.97 Å². The Labute approximate surface area is 195 Å². The van der Waals surface area contributed by atoms with Crippen molar-refractivity contribution in [3.63, 3.8) is 0 Å². The summed E-state index contributed by atoms with van der Waals surface area (Å²) in [7, 11) is 0. The SMILES string of the molecule is CCCCCCCCCCCC(C)N(CC(=O)O)C(C)CCCCCCCCCCC. The molecule has 2 unspecified atom stereocenters. The summed E-state index contributed by atoms with van der Waals surface area (Å²) in [6.45, 7) is 9.20. The van der Waals surface area contributed by atoms with Crippen molar-refractivity contribution in [3.8, 4) is 0 Å². The number of unbranched alkanes of at least 4 members (excludes halogenated alkanes) is 16. The predicted molar refractivity (Wildman–Crippen MR) is 137 cm³/mol. The van der Waals surface area contributed by atoms with Crippen LogP contribution >= 0.6 is 0 Å².